The first-order valence-electron chi connectivity index (χ1n) is 7.16. The Kier molecular flexibility index (Phi) is 6.33. The van der Waals surface area contributed by atoms with Gasteiger partial charge in [-0.1, -0.05) is 18.2 Å². The van der Waals surface area contributed by atoms with E-state index in [-0.39, 0.29) is 13.0 Å². The normalized spacial score (nSPS) is 9.87. The zero-order valence-corrected chi connectivity index (χ0v) is 13.3. The van der Waals surface area contributed by atoms with Crippen LogP contribution >= 0.6 is 11.3 Å². The number of aryl methyl sites for hydroxylation is 1. The maximum atomic E-state index is 11.7. The third-order valence-electron chi connectivity index (χ3n) is 3.07. The van der Waals surface area contributed by atoms with Crippen LogP contribution in [0.3, 0.4) is 0 Å². The molecular weight excluding hydrogens is 312 g/mol. The largest absolute Gasteiger partial charge is 0.456 e. The molecule has 118 valence electrons. The fourth-order valence-corrected chi connectivity index (χ4v) is 2.71. The fraction of sp³-hybridized carbons (Fsp3) is 0.235. The van der Waals surface area contributed by atoms with Gasteiger partial charge in [0.1, 0.15) is 6.07 Å². The molecule has 0 fully saturated rings. The Hall–Kier alpha value is -2.65. The van der Waals surface area contributed by atoms with Crippen LogP contribution in [0.25, 0.3) is 0 Å². The zero-order chi connectivity index (χ0) is 16.5. The molecule has 0 spiro atoms. The molecule has 0 atom stereocenters. The molecule has 5 nitrogen and oxygen atoms in total. The molecular formula is C17H16N2O3S. The van der Waals surface area contributed by atoms with Gasteiger partial charge in [-0.2, -0.15) is 5.26 Å². The molecule has 0 saturated heterocycles. The molecule has 0 aliphatic carbocycles. The van der Waals surface area contributed by atoms with Crippen molar-refractivity contribution in [3.8, 4) is 6.07 Å². The van der Waals surface area contributed by atoms with E-state index in [2.05, 4.69) is 5.32 Å². The van der Waals surface area contributed by atoms with Gasteiger partial charge < -0.3 is 10.1 Å². The molecule has 1 aromatic carbocycles. The number of benzene rings is 1. The van der Waals surface area contributed by atoms with Crippen molar-refractivity contribution in [3.05, 3.63) is 52.2 Å². The number of para-hydroxylation sites is 1. The van der Waals surface area contributed by atoms with Crippen LogP contribution < -0.4 is 5.32 Å². The number of ether oxygens (including phenoxy) is 1. The average molecular weight is 328 g/mol. The number of carbonyl (C=O) groups is 2. The summed E-state index contributed by atoms with van der Waals surface area (Å²) in [5.41, 5.74) is 0.775. The van der Waals surface area contributed by atoms with Gasteiger partial charge in [0.25, 0.3) is 5.91 Å². The molecule has 23 heavy (non-hydrogen) atoms. The number of hydrogen-bond donors (Lipinski definition) is 1. The Morgan fingerprint density at radius 2 is 2.04 bits per heavy atom. The van der Waals surface area contributed by atoms with Gasteiger partial charge in [0.05, 0.1) is 11.3 Å². The van der Waals surface area contributed by atoms with Gasteiger partial charge >= 0.3 is 5.97 Å². The molecule has 1 amide bonds. The molecule has 0 aliphatic rings. The summed E-state index contributed by atoms with van der Waals surface area (Å²) in [6.07, 6.45) is 1.80. The SMILES string of the molecule is N#Cc1ccccc1NC(=O)COC(=O)CCCc1cccs1. The lowest BCUT2D eigenvalue weighted by molar-refractivity contribution is -0.147. The zero-order valence-electron chi connectivity index (χ0n) is 12.5. The molecule has 2 rings (SSSR count). The van der Waals surface area contributed by atoms with Crippen LogP contribution in [0.2, 0.25) is 0 Å². The molecule has 0 radical (unpaired) electrons. The Morgan fingerprint density at radius 1 is 1.22 bits per heavy atom. The highest BCUT2D eigenvalue weighted by Crippen LogP contribution is 2.14. The van der Waals surface area contributed by atoms with Gasteiger partial charge in [0.2, 0.25) is 0 Å². The number of nitrogens with zero attached hydrogens (tertiary/aromatic N) is 1. The van der Waals surface area contributed by atoms with Gasteiger partial charge in [-0.25, -0.2) is 0 Å². The van der Waals surface area contributed by atoms with E-state index in [0.29, 0.717) is 17.7 Å². The highest BCUT2D eigenvalue weighted by Gasteiger charge is 2.10. The molecule has 1 N–H and O–H groups in total. The second kappa shape index (κ2) is 8.71. The molecule has 0 saturated carbocycles. The number of nitriles is 1. The molecule has 6 heteroatoms. The van der Waals surface area contributed by atoms with E-state index in [9.17, 15) is 9.59 Å². The number of anilines is 1. The van der Waals surface area contributed by atoms with Gasteiger partial charge in [-0.05, 0) is 36.4 Å². The number of esters is 1. The summed E-state index contributed by atoms with van der Waals surface area (Å²) in [5.74, 6) is -0.857. The highest BCUT2D eigenvalue weighted by atomic mass is 32.1. The van der Waals surface area contributed by atoms with Gasteiger partial charge in [0, 0.05) is 11.3 Å². The van der Waals surface area contributed by atoms with E-state index in [0.717, 1.165) is 6.42 Å². The van der Waals surface area contributed by atoms with Crippen LogP contribution in [0, 0.1) is 11.3 Å². The summed E-state index contributed by atoms with van der Waals surface area (Å²) in [6.45, 7) is -0.350. The van der Waals surface area contributed by atoms with Crippen LogP contribution in [0.1, 0.15) is 23.3 Å². The summed E-state index contributed by atoms with van der Waals surface area (Å²) in [6, 6.07) is 12.6. The Balaban J connectivity index is 1.69. The number of hydrogen-bond acceptors (Lipinski definition) is 5. The lowest BCUT2D eigenvalue weighted by Gasteiger charge is -2.07. The third-order valence-corrected chi connectivity index (χ3v) is 4.01. The van der Waals surface area contributed by atoms with Crippen molar-refractivity contribution in [1.82, 2.24) is 0 Å². The molecule has 1 heterocycles. The first-order valence-corrected chi connectivity index (χ1v) is 8.04. The van der Waals surface area contributed by atoms with E-state index in [1.54, 1.807) is 35.6 Å². The number of rotatable bonds is 7. The number of carbonyl (C=O) groups excluding carboxylic acids is 2. The molecule has 0 unspecified atom stereocenters. The first kappa shape index (κ1) is 16.7. The first-order chi connectivity index (χ1) is 11.2. The van der Waals surface area contributed by atoms with Crippen LogP contribution in [0.4, 0.5) is 5.69 Å². The highest BCUT2D eigenvalue weighted by molar-refractivity contribution is 7.09. The van der Waals surface area contributed by atoms with Crippen molar-refractivity contribution in [3.63, 3.8) is 0 Å². The van der Waals surface area contributed by atoms with Crippen molar-refractivity contribution in [1.29, 1.82) is 5.26 Å². The second-order valence-corrected chi connectivity index (χ2v) is 5.83. The molecule has 2 aromatic rings. The number of thiophene rings is 1. The smallest absolute Gasteiger partial charge is 0.306 e. The average Bonchev–Trinajstić information content (AvgIpc) is 3.07. The minimum atomic E-state index is -0.459. The van der Waals surface area contributed by atoms with Crippen molar-refractivity contribution < 1.29 is 14.3 Å². The topological polar surface area (TPSA) is 79.2 Å². The van der Waals surface area contributed by atoms with E-state index in [1.165, 1.54) is 4.88 Å². The lowest BCUT2D eigenvalue weighted by Crippen LogP contribution is -2.21. The second-order valence-electron chi connectivity index (χ2n) is 4.80. The molecule has 0 aliphatic heterocycles. The van der Waals surface area contributed by atoms with Gasteiger partial charge in [-0.15, -0.1) is 11.3 Å². The summed E-state index contributed by atoms with van der Waals surface area (Å²) in [4.78, 5) is 24.6. The number of nitrogens with one attached hydrogen (secondary N) is 1. The van der Waals surface area contributed by atoms with Gasteiger partial charge in [0.15, 0.2) is 6.61 Å². The van der Waals surface area contributed by atoms with E-state index in [1.807, 2.05) is 23.6 Å². The molecule has 1 aromatic heterocycles. The van der Waals surface area contributed by atoms with Crippen molar-refractivity contribution in [2.24, 2.45) is 0 Å². The van der Waals surface area contributed by atoms with E-state index in [4.69, 9.17) is 10.00 Å². The summed E-state index contributed by atoms with van der Waals surface area (Å²) < 4.78 is 4.94. The summed E-state index contributed by atoms with van der Waals surface area (Å²) >= 11 is 1.65. The predicted octanol–water partition coefficient (Wildman–Crippen LogP) is 3.12. The monoisotopic (exact) mass is 328 g/mol. The Bertz CT molecular complexity index is 705. The van der Waals surface area contributed by atoms with Crippen molar-refractivity contribution >= 4 is 28.9 Å². The Morgan fingerprint density at radius 3 is 2.78 bits per heavy atom. The van der Waals surface area contributed by atoms with Crippen LogP contribution in [0.5, 0.6) is 0 Å². The van der Waals surface area contributed by atoms with E-state index < -0.39 is 11.9 Å². The van der Waals surface area contributed by atoms with Crippen molar-refractivity contribution in [2.45, 2.75) is 19.3 Å². The van der Waals surface area contributed by atoms with Crippen LogP contribution in [-0.2, 0) is 20.7 Å². The van der Waals surface area contributed by atoms with Crippen molar-refractivity contribution in [2.75, 3.05) is 11.9 Å². The van der Waals surface area contributed by atoms with Crippen LogP contribution in [-0.4, -0.2) is 18.5 Å². The van der Waals surface area contributed by atoms with Crippen LogP contribution in [0.15, 0.2) is 41.8 Å². The lowest BCUT2D eigenvalue weighted by atomic mass is 10.2. The van der Waals surface area contributed by atoms with E-state index >= 15 is 0 Å². The van der Waals surface area contributed by atoms with Gasteiger partial charge in [-0.3, -0.25) is 9.59 Å². The summed E-state index contributed by atoms with van der Waals surface area (Å²) in [7, 11) is 0. The Labute approximate surface area is 138 Å². The predicted molar refractivity (Wildman–Crippen MR) is 88.0 cm³/mol. The minimum Gasteiger partial charge on any atom is -0.456 e. The quantitative estimate of drug-likeness (QED) is 0.792. The number of amides is 1. The molecule has 0 bridgehead atoms. The maximum Gasteiger partial charge on any atom is 0.306 e. The standard InChI is InChI=1S/C17H16N2O3S/c18-11-13-5-1-2-8-15(13)19-16(20)12-22-17(21)9-3-6-14-7-4-10-23-14/h1-2,4-5,7-8,10H,3,6,9,12H2,(H,19,20). The maximum absolute atomic E-state index is 11.7. The third kappa shape index (κ3) is 5.57. The summed E-state index contributed by atoms with van der Waals surface area (Å²) in [5, 5.41) is 13.5. The minimum absolute atomic E-state index is 0.278. The fourth-order valence-electron chi connectivity index (χ4n) is 1.96.